The molecule has 0 bridgehead atoms. The SMILES string of the molecule is COc1ccccc1OCCNC(=O)[C@@H]1CCCN(S(=O)(=O)Cc2ccc(Cl)cc2Cl)C1. The molecule has 1 saturated heterocycles. The monoisotopic (exact) mass is 500 g/mol. The van der Waals surface area contributed by atoms with Gasteiger partial charge in [-0.05, 0) is 42.7 Å². The molecule has 1 aliphatic heterocycles. The van der Waals surface area contributed by atoms with Crippen LogP contribution in [0.3, 0.4) is 0 Å². The van der Waals surface area contributed by atoms with Crippen LogP contribution in [0.15, 0.2) is 42.5 Å². The van der Waals surface area contributed by atoms with E-state index in [1.807, 2.05) is 12.1 Å². The van der Waals surface area contributed by atoms with Gasteiger partial charge in [0.05, 0.1) is 25.3 Å². The summed E-state index contributed by atoms with van der Waals surface area (Å²) in [5, 5.41) is 3.59. The maximum Gasteiger partial charge on any atom is 0.224 e. The summed E-state index contributed by atoms with van der Waals surface area (Å²) in [6.07, 6.45) is 1.25. The van der Waals surface area contributed by atoms with E-state index in [1.54, 1.807) is 31.4 Å². The average molecular weight is 501 g/mol. The van der Waals surface area contributed by atoms with Crippen molar-refractivity contribution in [1.82, 2.24) is 9.62 Å². The van der Waals surface area contributed by atoms with E-state index >= 15 is 0 Å². The predicted molar refractivity (Wildman–Crippen MR) is 125 cm³/mol. The number of methoxy groups -OCH3 is 1. The molecular formula is C22H26Cl2N2O5S. The Balaban J connectivity index is 1.51. The van der Waals surface area contributed by atoms with Crippen LogP contribution in [0.25, 0.3) is 0 Å². The molecule has 1 N–H and O–H groups in total. The normalized spacial score (nSPS) is 17.0. The lowest BCUT2D eigenvalue weighted by Gasteiger charge is -2.31. The average Bonchev–Trinajstić information content (AvgIpc) is 2.78. The van der Waals surface area contributed by atoms with Crippen molar-refractivity contribution in [1.29, 1.82) is 0 Å². The molecule has 0 spiro atoms. The first-order valence-corrected chi connectivity index (χ1v) is 12.6. The molecule has 0 aromatic heterocycles. The van der Waals surface area contributed by atoms with Gasteiger partial charge in [0.15, 0.2) is 11.5 Å². The molecule has 10 heteroatoms. The standard InChI is InChI=1S/C22H26Cl2N2O5S/c1-30-20-6-2-3-7-21(20)31-12-10-25-22(27)16-5-4-11-26(14-16)32(28,29)15-17-8-9-18(23)13-19(17)24/h2-3,6-9,13,16H,4-5,10-12,14-15H2,1H3,(H,25,27)/t16-/m1/s1. The van der Waals surface area contributed by atoms with Gasteiger partial charge in [-0.25, -0.2) is 12.7 Å². The largest absolute Gasteiger partial charge is 0.493 e. The van der Waals surface area contributed by atoms with Crippen LogP contribution in [0.4, 0.5) is 0 Å². The fourth-order valence-corrected chi connectivity index (χ4v) is 5.75. The summed E-state index contributed by atoms with van der Waals surface area (Å²) < 4.78 is 38.1. The van der Waals surface area contributed by atoms with E-state index in [4.69, 9.17) is 32.7 Å². The number of benzene rings is 2. The van der Waals surface area contributed by atoms with Crippen molar-refractivity contribution >= 4 is 39.1 Å². The highest BCUT2D eigenvalue weighted by Crippen LogP contribution is 2.27. The third-order valence-corrected chi connectivity index (χ3v) is 7.61. The Hall–Kier alpha value is -2.00. The van der Waals surface area contributed by atoms with Crippen LogP contribution in [0.5, 0.6) is 11.5 Å². The fourth-order valence-electron chi connectivity index (χ4n) is 3.55. The lowest BCUT2D eigenvalue weighted by atomic mass is 9.99. The highest BCUT2D eigenvalue weighted by molar-refractivity contribution is 7.88. The van der Waals surface area contributed by atoms with Crippen LogP contribution in [-0.2, 0) is 20.6 Å². The number of nitrogens with one attached hydrogen (secondary N) is 1. The number of para-hydroxylation sites is 2. The molecule has 1 fully saturated rings. The maximum absolute atomic E-state index is 12.9. The molecule has 0 aliphatic carbocycles. The molecule has 2 aromatic carbocycles. The molecule has 3 rings (SSSR count). The molecule has 0 saturated carbocycles. The third kappa shape index (κ3) is 6.51. The van der Waals surface area contributed by atoms with Gasteiger partial charge in [0, 0.05) is 23.1 Å². The van der Waals surface area contributed by atoms with Gasteiger partial charge in [0.25, 0.3) is 0 Å². The lowest BCUT2D eigenvalue weighted by Crippen LogP contribution is -2.46. The Labute approximate surface area is 198 Å². The van der Waals surface area contributed by atoms with Crippen molar-refractivity contribution in [2.45, 2.75) is 18.6 Å². The number of carbonyl (C=O) groups is 1. The Bertz CT molecular complexity index is 1050. The van der Waals surface area contributed by atoms with Crippen LogP contribution in [0, 0.1) is 5.92 Å². The number of carbonyl (C=O) groups excluding carboxylic acids is 1. The quantitative estimate of drug-likeness (QED) is 0.530. The Morgan fingerprint density at radius 2 is 1.94 bits per heavy atom. The van der Waals surface area contributed by atoms with E-state index in [1.165, 1.54) is 10.4 Å². The first-order valence-electron chi connectivity index (χ1n) is 10.3. The van der Waals surface area contributed by atoms with E-state index in [0.29, 0.717) is 53.0 Å². The number of amides is 1. The molecule has 2 aromatic rings. The van der Waals surface area contributed by atoms with Gasteiger partial charge in [-0.15, -0.1) is 0 Å². The van der Waals surface area contributed by atoms with Gasteiger partial charge in [-0.1, -0.05) is 41.4 Å². The minimum atomic E-state index is -3.62. The highest BCUT2D eigenvalue weighted by Gasteiger charge is 2.32. The Morgan fingerprint density at radius 3 is 2.66 bits per heavy atom. The molecule has 0 unspecified atom stereocenters. The Morgan fingerprint density at radius 1 is 1.19 bits per heavy atom. The van der Waals surface area contributed by atoms with Crippen LogP contribution in [0.2, 0.25) is 10.0 Å². The first-order chi connectivity index (χ1) is 15.3. The number of hydrogen-bond acceptors (Lipinski definition) is 5. The number of ether oxygens (including phenoxy) is 2. The maximum atomic E-state index is 12.9. The number of hydrogen-bond donors (Lipinski definition) is 1. The van der Waals surface area contributed by atoms with E-state index in [2.05, 4.69) is 5.32 Å². The van der Waals surface area contributed by atoms with Crippen LogP contribution in [0.1, 0.15) is 18.4 Å². The highest BCUT2D eigenvalue weighted by atomic mass is 35.5. The van der Waals surface area contributed by atoms with Crippen molar-refractivity contribution in [3.05, 3.63) is 58.1 Å². The molecule has 1 amide bonds. The number of sulfonamides is 1. The summed E-state index contributed by atoms with van der Waals surface area (Å²) in [5.41, 5.74) is 0.483. The molecule has 32 heavy (non-hydrogen) atoms. The van der Waals surface area contributed by atoms with Crippen LogP contribution in [-0.4, -0.2) is 52.0 Å². The fraction of sp³-hybridized carbons (Fsp3) is 0.409. The van der Waals surface area contributed by atoms with Gasteiger partial charge in [-0.2, -0.15) is 0 Å². The van der Waals surface area contributed by atoms with Crippen molar-refractivity contribution in [3.8, 4) is 11.5 Å². The van der Waals surface area contributed by atoms with E-state index in [9.17, 15) is 13.2 Å². The number of rotatable bonds is 9. The van der Waals surface area contributed by atoms with Gasteiger partial charge in [0.1, 0.15) is 6.61 Å². The van der Waals surface area contributed by atoms with Gasteiger partial charge in [0.2, 0.25) is 15.9 Å². The second-order valence-corrected chi connectivity index (χ2v) is 10.3. The number of piperidine rings is 1. The molecule has 1 heterocycles. The molecule has 0 radical (unpaired) electrons. The summed E-state index contributed by atoms with van der Waals surface area (Å²) in [7, 11) is -2.06. The summed E-state index contributed by atoms with van der Waals surface area (Å²) in [5.74, 6) is 0.390. The first kappa shape index (κ1) is 24.6. The van der Waals surface area contributed by atoms with Gasteiger partial charge in [-0.3, -0.25) is 4.79 Å². The molecular weight excluding hydrogens is 475 g/mol. The van der Waals surface area contributed by atoms with Crippen LogP contribution >= 0.6 is 23.2 Å². The van der Waals surface area contributed by atoms with Crippen molar-refractivity contribution in [3.63, 3.8) is 0 Å². The third-order valence-electron chi connectivity index (χ3n) is 5.23. The summed E-state index contributed by atoms with van der Waals surface area (Å²) in [6.45, 7) is 1.11. The second-order valence-electron chi connectivity index (χ2n) is 7.48. The van der Waals surface area contributed by atoms with Crippen molar-refractivity contribution in [2.24, 2.45) is 5.92 Å². The number of nitrogens with zero attached hydrogens (tertiary/aromatic N) is 1. The van der Waals surface area contributed by atoms with Gasteiger partial charge < -0.3 is 14.8 Å². The zero-order valence-electron chi connectivity index (χ0n) is 17.7. The second kappa shape index (κ2) is 11.2. The van der Waals surface area contributed by atoms with Crippen molar-refractivity contribution in [2.75, 3.05) is 33.4 Å². The molecule has 174 valence electrons. The zero-order chi connectivity index (χ0) is 23.1. The van der Waals surface area contributed by atoms with E-state index in [0.717, 1.165) is 0 Å². The number of halogens is 2. The molecule has 1 atom stereocenters. The summed E-state index contributed by atoms with van der Waals surface area (Å²) in [6, 6.07) is 12.0. The summed E-state index contributed by atoms with van der Waals surface area (Å²) in [4.78, 5) is 12.6. The zero-order valence-corrected chi connectivity index (χ0v) is 20.0. The molecule has 1 aliphatic rings. The lowest BCUT2D eigenvalue weighted by molar-refractivity contribution is -0.126. The predicted octanol–water partition coefficient (Wildman–Crippen LogP) is 3.74. The smallest absolute Gasteiger partial charge is 0.224 e. The Kier molecular flexibility index (Phi) is 8.64. The van der Waals surface area contributed by atoms with Crippen LogP contribution < -0.4 is 14.8 Å². The minimum absolute atomic E-state index is 0.146. The van der Waals surface area contributed by atoms with E-state index < -0.39 is 15.9 Å². The van der Waals surface area contributed by atoms with Crippen molar-refractivity contribution < 1.29 is 22.7 Å². The summed E-state index contributed by atoms with van der Waals surface area (Å²) >= 11 is 12.0. The van der Waals surface area contributed by atoms with E-state index in [-0.39, 0.29) is 24.8 Å². The minimum Gasteiger partial charge on any atom is -0.493 e. The topological polar surface area (TPSA) is 84.9 Å². The molecule has 7 nitrogen and oxygen atoms in total. The van der Waals surface area contributed by atoms with Gasteiger partial charge >= 0.3 is 0 Å².